The zero-order chi connectivity index (χ0) is 20.0. The molecule has 3 amide bonds. The molecule has 146 valence electrons. The van der Waals surface area contributed by atoms with Crippen molar-refractivity contribution >= 4 is 17.9 Å². The fourth-order valence-corrected chi connectivity index (χ4v) is 4.22. The number of hydrogen-bond donors (Lipinski definition) is 1. The molecule has 0 aromatic carbocycles. The maximum Gasteiger partial charge on any atom is 0.417 e. The van der Waals surface area contributed by atoms with Crippen LogP contribution in [0, 0.1) is 5.41 Å². The second-order valence-electron chi connectivity index (χ2n) is 7.16. The summed E-state index contributed by atoms with van der Waals surface area (Å²) in [6.07, 6.45) is 6.29. The zero-order valence-electron chi connectivity index (χ0n) is 16.2. The summed E-state index contributed by atoms with van der Waals surface area (Å²) in [6.45, 7) is 5.46. The highest BCUT2D eigenvalue weighted by Gasteiger charge is 2.77. The number of rotatable bonds is 6. The first-order valence-corrected chi connectivity index (χ1v) is 9.01. The molecule has 2 aliphatic carbocycles. The molecule has 1 aliphatic heterocycles. The minimum Gasteiger partial charge on any atom is -0.435 e. The Morgan fingerprint density at radius 2 is 2.11 bits per heavy atom. The van der Waals surface area contributed by atoms with Crippen LogP contribution >= 0.6 is 0 Å². The van der Waals surface area contributed by atoms with Crippen LogP contribution in [-0.2, 0) is 14.3 Å². The van der Waals surface area contributed by atoms with Crippen molar-refractivity contribution in [3.05, 3.63) is 36.2 Å². The molecule has 3 aliphatic rings. The summed E-state index contributed by atoms with van der Waals surface area (Å²) in [5.74, 6) is -0.803. The van der Waals surface area contributed by atoms with Gasteiger partial charge in [0.25, 0.3) is 0 Å². The second-order valence-corrected chi connectivity index (χ2v) is 7.16. The SMILES string of the molecule is C=CN(C)N(C)C1=CC=C(CC)[C@]23CC(=O)N(CC(=O)NC)C(=O)O[C@@]12C3. The van der Waals surface area contributed by atoms with Gasteiger partial charge in [-0.15, -0.1) is 0 Å². The van der Waals surface area contributed by atoms with Crippen LogP contribution in [0.1, 0.15) is 26.2 Å². The first-order chi connectivity index (χ1) is 12.8. The van der Waals surface area contributed by atoms with Crippen molar-refractivity contribution < 1.29 is 19.1 Å². The van der Waals surface area contributed by atoms with E-state index in [0.29, 0.717) is 6.42 Å². The number of allylic oxidation sites excluding steroid dienone is 2. The number of ether oxygens (including phenoxy) is 1. The van der Waals surface area contributed by atoms with E-state index in [2.05, 4.69) is 11.9 Å². The fourth-order valence-electron chi connectivity index (χ4n) is 4.22. The molecule has 1 saturated heterocycles. The lowest BCUT2D eigenvalue weighted by Crippen LogP contribution is -2.45. The number of imide groups is 1. The first kappa shape index (κ1) is 19.0. The summed E-state index contributed by atoms with van der Waals surface area (Å²) < 4.78 is 5.93. The van der Waals surface area contributed by atoms with Crippen molar-refractivity contribution in [2.24, 2.45) is 5.41 Å². The molecule has 8 nitrogen and oxygen atoms in total. The predicted molar refractivity (Wildman–Crippen MR) is 98.8 cm³/mol. The monoisotopic (exact) mass is 374 g/mol. The van der Waals surface area contributed by atoms with Crippen LogP contribution in [-0.4, -0.2) is 66.1 Å². The highest BCUT2D eigenvalue weighted by atomic mass is 16.6. The van der Waals surface area contributed by atoms with Gasteiger partial charge >= 0.3 is 6.09 Å². The fraction of sp³-hybridized carbons (Fsp3) is 0.526. The van der Waals surface area contributed by atoms with Crippen LogP contribution in [0.5, 0.6) is 0 Å². The van der Waals surface area contributed by atoms with E-state index in [9.17, 15) is 14.4 Å². The van der Waals surface area contributed by atoms with Gasteiger partial charge in [0.2, 0.25) is 11.8 Å². The second kappa shape index (κ2) is 6.44. The van der Waals surface area contributed by atoms with Crippen LogP contribution in [0.4, 0.5) is 4.79 Å². The largest absolute Gasteiger partial charge is 0.435 e. The maximum atomic E-state index is 12.8. The van der Waals surface area contributed by atoms with Gasteiger partial charge in [-0.3, -0.25) is 19.6 Å². The van der Waals surface area contributed by atoms with Crippen LogP contribution in [0.25, 0.3) is 0 Å². The Labute approximate surface area is 159 Å². The number of nitrogens with one attached hydrogen (secondary N) is 1. The number of amides is 3. The van der Waals surface area contributed by atoms with Crippen molar-refractivity contribution in [1.82, 2.24) is 20.2 Å². The molecule has 8 heteroatoms. The zero-order valence-corrected chi connectivity index (χ0v) is 16.2. The van der Waals surface area contributed by atoms with Gasteiger partial charge in [0, 0.05) is 40.2 Å². The molecule has 27 heavy (non-hydrogen) atoms. The van der Waals surface area contributed by atoms with Gasteiger partial charge in [0.05, 0.1) is 11.1 Å². The molecule has 1 N–H and O–H groups in total. The van der Waals surface area contributed by atoms with Gasteiger partial charge < -0.3 is 10.1 Å². The summed E-state index contributed by atoms with van der Waals surface area (Å²) in [4.78, 5) is 38.3. The average molecular weight is 374 g/mol. The first-order valence-electron chi connectivity index (χ1n) is 9.01. The topological polar surface area (TPSA) is 82.2 Å². The summed E-state index contributed by atoms with van der Waals surface area (Å²) in [5, 5.41) is 6.09. The number of carbonyl (C=O) groups excluding carboxylic acids is 3. The standard InChI is InChI=1S/C19H26N4O4/c1-6-13-8-9-14(22(5)21(4)7-2)19-12-18(13,19)10-16(25)23(17(26)27-19)11-15(24)20-3/h7-9H,2,6,10-12H2,1,3-5H3,(H,20,24)/t18-,19+/m1/s1. The van der Waals surface area contributed by atoms with Gasteiger partial charge in [0.1, 0.15) is 6.54 Å². The van der Waals surface area contributed by atoms with Crippen LogP contribution in [0.2, 0.25) is 0 Å². The van der Waals surface area contributed by atoms with E-state index < -0.39 is 23.0 Å². The highest BCUT2D eigenvalue weighted by molar-refractivity contribution is 5.98. The highest BCUT2D eigenvalue weighted by Crippen LogP contribution is 2.72. The lowest BCUT2D eigenvalue weighted by atomic mass is 9.81. The average Bonchev–Trinajstić information content (AvgIpc) is 3.32. The van der Waals surface area contributed by atoms with E-state index in [4.69, 9.17) is 4.74 Å². The van der Waals surface area contributed by atoms with E-state index in [0.717, 1.165) is 22.6 Å². The number of hydrazine groups is 1. The lowest BCUT2D eigenvalue weighted by Gasteiger charge is -2.38. The Morgan fingerprint density at radius 3 is 2.70 bits per heavy atom. The number of nitrogens with zero attached hydrogens (tertiary/aromatic N) is 3. The molecule has 0 spiro atoms. The summed E-state index contributed by atoms with van der Waals surface area (Å²) in [5.41, 5.74) is 0.434. The van der Waals surface area contributed by atoms with Crippen LogP contribution < -0.4 is 5.32 Å². The molecule has 0 bridgehead atoms. The lowest BCUT2D eigenvalue weighted by molar-refractivity contribution is -0.134. The Hall–Kier alpha value is -2.77. The minimum absolute atomic E-state index is 0.137. The number of hydrogen-bond acceptors (Lipinski definition) is 6. The van der Waals surface area contributed by atoms with Crippen LogP contribution in [0.15, 0.2) is 36.2 Å². The van der Waals surface area contributed by atoms with Gasteiger partial charge in [-0.25, -0.2) is 9.69 Å². The molecule has 2 fully saturated rings. The van der Waals surface area contributed by atoms with Crippen molar-refractivity contribution in [2.45, 2.75) is 31.8 Å². The molecule has 3 rings (SSSR count). The van der Waals surface area contributed by atoms with E-state index in [1.807, 2.05) is 38.2 Å². The third-order valence-electron chi connectivity index (χ3n) is 5.95. The smallest absolute Gasteiger partial charge is 0.417 e. The molecule has 0 aromatic heterocycles. The van der Waals surface area contributed by atoms with Crippen molar-refractivity contribution in [2.75, 3.05) is 27.7 Å². The van der Waals surface area contributed by atoms with Crippen LogP contribution in [0.3, 0.4) is 0 Å². The molecule has 0 unspecified atom stereocenters. The van der Waals surface area contributed by atoms with E-state index in [1.165, 1.54) is 7.05 Å². The quantitative estimate of drug-likeness (QED) is 0.708. The third kappa shape index (κ3) is 2.62. The third-order valence-corrected chi connectivity index (χ3v) is 5.95. The Balaban J connectivity index is 2.02. The summed E-state index contributed by atoms with van der Waals surface area (Å²) >= 11 is 0. The van der Waals surface area contributed by atoms with E-state index >= 15 is 0 Å². The predicted octanol–water partition coefficient (Wildman–Crippen LogP) is 1.39. The van der Waals surface area contributed by atoms with Gasteiger partial charge in [-0.1, -0.05) is 25.2 Å². The maximum absolute atomic E-state index is 12.8. The molecular formula is C19H26N4O4. The van der Waals surface area contributed by atoms with Gasteiger partial charge in [-0.2, -0.15) is 0 Å². The molecule has 0 aromatic rings. The van der Waals surface area contributed by atoms with Gasteiger partial charge in [-0.05, 0) is 12.5 Å². The molecule has 0 radical (unpaired) electrons. The molecule has 1 heterocycles. The molecular weight excluding hydrogens is 348 g/mol. The Bertz CT molecular complexity index is 774. The van der Waals surface area contributed by atoms with Gasteiger partial charge in [0.15, 0.2) is 5.60 Å². The van der Waals surface area contributed by atoms with Crippen molar-refractivity contribution in [3.8, 4) is 0 Å². The minimum atomic E-state index is -0.900. The van der Waals surface area contributed by atoms with Crippen molar-refractivity contribution in [3.63, 3.8) is 0 Å². The normalized spacial score (nSPS) is 28.7. The van der Waals surface area contributed by atoms with Crippen molar-refractivity contribution in [1.29, 1.82) is 0 Å². The Kier molecular flexibility index (Phi) is 4.53. The van der Waals surface area contributed by atoms with E-state index in [-0.39, 0.29) is 18.9 Å². The number of carbonyl (C=O) groups is 3. The molecule has 1 saturated carbocycles. The Morgan fingerprint density at radius 1 is 1.41 bits per heavy atom. The molecule has 2 atom stereocenters. The summed E-state index contributed by atoms with van der Waals surface area (Å²) in [7, 11) is 5.16. The number of likely N-dealkylation sites (N-methyl/N-ethyl adjacent to an activating group) is 2. The van der Waals surface area contributed by atoms with E-state index in [1.54, 1.807) is 11.2 Å². The summed E-state index contributed by atoms with van der Waals surface area (Å²) in [6, 6.07) is 0.